The van der Waals surface area contributed by atoms with Crippen molar-refractivity contribution in [3.63, 3.8) is 0 Å². The molecule has 5 heteroatoms. The molecule has 1 aromatic rings. The second-order valence-electron chi connectivity index (χ2n) is 3.12. The van der Waals surface area contributed by atoms with Gasteiger partial charge in [0.15, 0.2) is 0 Å². The maximum Gasteiger partial charge on any atom is 0.339 e. The van der Waals surface area contributed by atoms with Gasteiger partial charge in [0.2, 0.25) is 0 Å². The molecule has 0 atom stereocenters. The standard InChI is InChI=1S/C10H10N2O3/c1-2-15-10(14)6-3-7-8(11-4-6)5-12-9(7)13/h3-4H,2,5H2,1H3,(H,12,13). The molecule has 0 radical (unpaired) electrons. The molecular formula is C10H10N2O3. The molecule has 1 amide bonds. The summed E-state index contributed by atoms with van der Waals surface area (Å²) in [5.74, 6) is -0.642. The van der Waals surface area contributed by atoms with Crippen LogP contribution in [0.15, 0.2) is 12.3 Å². The Bertz CT molecular complexity index is 429. The number of ether oxygens (including phenoxy) is 1. The first-order valence-corrected chi connectivity index (χ1v) is 4.66. The summed E-state index contributed by atoms with van der Waals surface area (Å²) in [7, 11) is 0. The van der Waals surface area contributed by atoms with Gasteiger partial charge in [-0.2, -0.15) is 0 Å². The third-order valence-corrected chi connectivity index (χ3v) is 2.14. The summed E-state index contributed by atoms with van der Waals surface area (Å²) in [5.41, 5.74) is 1.45. The topological polar surface area (TPSA) is 68.3 Å². The van der Waals surface area contributed by atoms with Crippen LogP contribution in [0, 0.1) is 0 Å². The third-order valence-electron chi connectivity index (χ3n) is 2.14. The lowest BCUT2D eigenvalue weighted by atomic mass is 10.1. The summed E-state index contributed by atoms with van der Waals surface area (Å²) in [6.45, 7) is 2.46. The number of carbonyl (C=O) groups excluding carboxylic acids is 2. The van der Waals surface area contributed by atoms with E-state index in [4.69, 9.17) is 4.74 Å². The SMILES string of the molecule is CCOC(=O)c1cnc2c(c1)C(=O)NC2. The number of amides is 1. The maximum atomic E-state index is 11.4. The normalized spacial score (nSPS) is 13.3. The van der Waals surface area contributed by atoms with Crippen molar-refractivity contribution in [3.8, 4) is 0 Å². The van der Waals surface area contributed by atoms with Crippen molar-refractivity contribution >= 4 is 11.9 Å². The van der Waals surface area contributed by atoms with Gasteiger partial charge in [-0.05, 0) is 13.0 Å². The van der Waals surface area contributed by atoms with Crippen molar-refractivity contribution in [2.24, 2.45) is 0 Å². The first-order chi connectivity index (χ1) is 7.22. The number of fused-ring (bicyclic) bond motifs is 1. The van der Waals surface area contributed by atoms with Gasteiger partial charge in [-0.1, -0.05) is 0 Å². The molecule has 0 spiro atoms. The Morgan fingerprint density at radius 2 is 2.47 bits per heavy atom. The van der Waals surface area contributed by atoms with E-state index in [0.29, 0.717) is 30.0 Å². The predicted molar refractivity (Wildman–Crippen MR) is 51.4 cm³/mol. The second kappa shape index (κ2) is 3.68. The summed E-state index contributed by atoms with van der Waals surface area (Å²) < 4.78 is 4.81. The van der Waals surface area contributed by atoms with E-state index in [9.17, 15) is 9.59 Å². The molecule has 1 aliphatic rings. The maximum absolute atomic E-state index is 11.4. The number of aromatic nitrogens is 1. The molecule has 2 heterocycles. The van der Waals surface area contributed by atoms with Gasteiger partial charge in [0.25, 0.3) is 5.91 Å². The number of nitrogens with zero attached hydrogens (tertiary/aromatic N) is 1. The molecule has 78 valence electrons. The van der Waals surface area contributed by atoms with Crippen LogP contribution in [0.25, 0.3) is 0 Å². The first kappa shape index (κ1) is 9.64. The molecule has 1 aliphatic heterocycles. The highest BCUT2D eigenvalue weighted by Crippen LogP contribution is 2.14. The van der Waals surface area contributed by atoms with Gasteiger partial charge < -0.3 is 10.1 Å². The Balaban J connectivity index is 2.33. The fraction of sp³-hybridized carbons (Fsp3) is 0.300. The highest BCUT2D eigenvalue weighted by molar-refractivity contribution is 6.00. The van der Waals surface area contributed by atoms with Crippen molar-refractivity contribution in [2.75, 3.05) is 6.61 Å². The van der Waals surface area contributed by atoms with E-state index in [1.54, 1.807) is 6.92 Å². The van der Waals surface area contributed by atoms with Crippen LogP contribution in [0.5, 0.6) is 0 Å². The van der Waals surface area contributed by atoms with Gasteiger partial charge in [0, 0.05) is 6.20 Å². The zero-order chi connectivity index (χ0) is 10.8. The highest BCUT2D eigenvalue weighted by atomic mass is 16.5. The van der Waals surface area contributed by atoms with Crippen molar-refractivity contribution in [1.29, 1.82) is 0 Å². The van der Waals surface area contributed by atoms with Crippen LogP contribution in [0.4, 0.5) is 0 Å². The van der Waals surface area contributed by atoms with Crippen molar-refractivity contribution in [3.05, 3.63) is 29.1 Å². The molecule has 2 rings (SSSR count). The fourth-order valence-electron chi connectivity index (χ4n) is 1.42. The molecule has 1 aromatic heterocycles. The summed E-state index contributed by atoms with van der Waals surface area (Å²) in [5, 5.41) is 2.63. The average Bonchev–Trinajstić information content (AvgIpc) is 2.60. The number of pyridine rings is 1. The van der Waals surface area contributed by atoms with Crippen LogP contribution in [-0.4, -0.2) is 23.5 Å². The lowest BCUT2D eigenvalue weighted by Crippen LogP contribution is -2.13. The summed E-state index contributed by atoms with van der Waals surface area (Å²) in [4.78, 5) is 26.7. The lowest BCUT2D eigenvalue weighted by molar-refractivity contribution is 0.0526. The molecule has 0 aliphatic carbocycles. The van der Waals surface area contributed by atoms with E-state index in [0.717, 1.165) is 0 Å². The van der Waals surface area contributed by atoms with Gasteiger partial charge in [-0.3, -0.25) is 9.78 Å². The Morgan fingerprint density at radius 1 is 1.67 bits per heavy atom. The zero-order valence-electron chi connectivity index (χ0n) is 8.24. The Morgan fingerprint density at radius 3 is 3.20 bits per heavy atom. The van der Waals surface area contributed by atoms with Crippen LogP contribution in [-0.2, 0) is 11.3 Å². The molecule has 0 saturated heterocycles. The van der Waals surface area contributed by atoms with E-state index >= 15 is 0 Å². The van der Waals surface area contributed by atoms with Crippen molar-refractivity contribution in [1.82, 2.24) is 10.3 Å². The predicted octanol–water partition coefficient (Wildman–Crippen LogP) is 0.502. The van der Waals surface area contributed by atoms with E-state index in [1.165, 1.54) is 12.3 Å². The van der Waals surface area contributed by atoms with Crippen LogP contribution in [0.1, 0.15) is 33.3 Å². The molecule has 1 N–H and O–H groups in total. The van der Waals surface area contributed by atoms with Gasteiger partial charge in [-0.25, -0.2) is 4.79 Å². The third kappa shape index (κ3) is 1.68. The first-order valence-electron chi connectivity index (χ1n) is 4.66. The lowest BCUT2D eigenvalue weighted by Gasteiger charge is -2.02. The van der Waals surface area contributed by atoms with Crippen LogP contribution >= 0.6 is 0 Å². The number of nitrogens with one attached hydrogen (secondary N) is 1. The summed E-state index contributed by atoms with van der Waals surface area (Å²) in [6.07, 6.45) is 1.43. The Kier molecular flexibility index (Phi) is 2.37. The second-order valence-corrected chi connectivity index (χ2v) is 3.12. The molecule has 0 unspecified atom stereocenters. The van der Waals surface area contributed by atoms with Crippen LogP contribution in [0.3, 0.4) is 0 Å². The van der Waals surface area contributed by atoms with Gasteiger partial charge >= 0.3 is 5.97 Å². The molecule has 0 aromatic carbocycles. The molecule has 0 bridgehead atoms. The quantitative estimate of drug-likeness (QED) is 0.715. The largest absolute Gasteiger partial charge is 0.462 e. The molecule has 5 nitrogen and oxygen atoms in total. The van der Waals surface area contributed by atoms with E-state index in [1.807, 2.05) is 0 Å². The zero-order valence-corrected chi connectivity index (χ0v) is 8.24. The minimum absolute atomic E-state index is 0.191. The average molecular weight is 206 g/mol. The minimum Gasteiger partial charge on any atom is -0.462 e. The number of hydrogen-bond donors (Lipinski definition) is 1. The van der Waals surface area contributed by atoms with E-state index in [-0.39, 0.29) is 5.91 Å². The summed E-state index contributed by atoms with van der Waals surface area (Å²) >= 11 is 0. The fourth-order valence-corrected chi connectivity index (χ4v) is 1.42. The smallest absolute Gasteiger partial charge is 0.339 e. The Labute approximate surface area is 86.5 Å². The molecule has 15 heavy (non-hydrogen) atoms. The van der Waals surface area contributed by atoms with E-state index in [2.05, 4.69) is 10.3 Å². The monoisotopic (exact) mass is 206 g/mol. The Hall–Kier alpha value is -1.91. The van der Waals surface area contributed by atoms with Gasteiger partial charge in [0.05, 0.1) is 30.0 Å². The van der Waals surface area contributed by atoms with Gasteiger partial charge in [-0.15, -0.1) is 0 Å². The van der Waals surface area contributed by atoms with E-state index < -0.39 is 5.97 Å². The number of carbonyl (C=O) groups is 2. The van der Waals surface area contributed by atoms with Crippen LogP contribution in [0.2, 0.25) is 0 Å². The van der Waals surface area contributed by atoms with Gasteiger partial charge in [0.1, 0.15) is 0 Å². The summed E-state index contributed by atoms with van der Waals surface area (Å²) in [6, 6.07) is 1.52. The van der Waals surface area contributed by atoms with Crippen molar-refractivity contribution in [2.45, 2.75) is 13.5 Å². The number of hydrogen-bond acceptors (Lipinski definition) is 4. The molecule has 0 fully saturated rings. The highest BCUT2D eigenvalue weighted by Gasteiger charge is 2.21. The van der Waals surface area contributed by atoms with Crippen LogP contribution < -0.4 is 5.32 Å². The molecule has 0 saturated carbocycles. The van der Waals surface area contributed by atoms with Crippen molar-refractivity contribution < 1.29 is 14.3 Å². The number of esters is 1. The molecular weight excluding hydrogens is 196 g/mol. The minimum atomic E-state index is -0.451. The number of rotatable bonds is 2.